The second-order valence-corrected chi connectivity index (χ2v) is 21.5. The van der Waals surface area contributed by atoms with Crippen molar-refractivity contribution in [3.05, 3.63) is 292 Å². The van der Waals surface area contributed by atoms with Crippen molar-refractivity contribution in [2.75, 3.05) is 0 Å². The summed E-state index contributed by atoms with van der Waals surface area (Å²) in [4.78, 5) is 0. The van der Waals surface area contributed by atoms with Crippen LogP contribution in [0.15, 0.2) is 242 Å². The Hall–Kier alpha value is -8.26. The van der Waals surface area contributed by atoms with Gasteiger partial charge in [-0.25, -0.2) is 0 Å². The van der Waals surface area contributed by atoms with Gasteiger partial charge in [-0.3, -0.25) is 0 Å². The van der Waals surface area contributed by atoms with Gasteiger partial charge in [0.15, 0.2) is 0 Å². The Balaban J connectivity index is 0.794. The fourth-order valence-corrected chi connectivity index (χ4v) is 13.0. The van der Waals surface area contributed by atoms with Crippen molar-refractivity contribution in [1.29, 1.82) is 0 Å². The summed E-state index contributed by atoms with van der Waals surface area (Å²) in [5.74, 6) is 1.86. The van der Waals surface area contributed by atoms with Crippen molar-refractivity contribution >= 4 is 49.8 Å². The molecule has 8 aromatic carbocycles. The average Bonchev–Trinajstić information content (AvgIpc) is 4.04. The van der Waals surface area contributed by atoms with Crippen molar-refractivity contribution < 1.29 is 0 Å². The van der Waals surface area contributed by atoms with E-state index in [9.17, 15) is 0 Å². The summed E-state index contributed by atoms with van der Waals surface area (Å²) >= 11 is 0. The van der Waals surface area contributed by atoms with Gasteiger partial charge < -0.3 is 4.57 Å². The maximum absolute atomic E-state index is 2.57. The number of benzene rings is 8. The third-order valence-corrected chi connectivity index (χ3v) is 16.9. The first-order valence-corrected chi connectivity index (χ1v) is 27.0. The first-order valence-electron chi connectivity index (χ1n) is 27.0. The molecular formula is C73H59N. The van der Waals surface area contributed by atoms with Crippen molar-refractivity contribution in [2.24, 2.45) is 11.8 Å². The van der Waals surface area contributed by atoms with Crippen molar-refractivity contribution in [2.45, 2.75) is 57.8 Å². The van der Waals surface area contributed by atoms with E-state index in [1.165, 1.54) is 122 Å². The molecule has 0 radical (unpaired) electrons. The summed E-state index contributed by atoms with van der Waals surface area (Å²) in [7, 11) is 0. The van der Waals surface area contributed by atoms with Crippen LogP contribution in [-0.2, 0) is 0 Å². The largest absolute Gasteiger partial charge is 0.310 e. The van der Waals surface area contributed by atoms with Gasteiger partial charge in [-0.1, -0.05) is 224 Å². The lowest BCUT2D eigenvalue weighted by atomic mass is 9.87. The van der Waals surface area contributed by atoms with Crippen molar-refractivity contribution in [3.63, 3.8) is 0 Å². The molecule has 1 fully saturated rings. The number of nitrogens with zero attached hydrogens (tertiary/aromatic N) is 1. The zero-order valence-electron chi connectivity index (χ0n) is 42.3. The van der Waals surface area contributed by atoms with Gasteiger partial charge in [0, 0.05) is 16.5 Å². The Kier molecular flexibility index (Phi) is 11.0. The average molecular weight is 950 g/mol. The molecule has 4 unspecified atom stereocenters. The van der Waals surface area contributed by atoms with Gasteiger partial charge in [0.05, 0.1) is 11.0 Å². The van der Waals surface area contributed by atoms with Gasteiger partial charge in [-0.05, 0) is 182 Å². The normalized spacial score (nSPS) is 19.7. The van der Waals surface area contributed by atoms with E-state index in [1.807, 2.05) is 0 Å². The highest BCUT2D eigenvalue weighted by Gasteiger charge is 2.53. The number of hydrogen-bond donors (Lipinski definition) is 0. The molecule has 356 valence electrons. The molecule has 1 saturated carbocycles. The summed E-state index contributed by atoms with van der Waals surface area (Å²) in [6, 6.07) is 71.4. The third kappa shape index (κ3) is 7.77. The molecule has 0 bridgehead atoms. The fourth-order valence-electron chi connectivity index (χ4n) is 13.0. The van der Waals surface area contributed by atoms with Crippen LogP contribution >= 0.6 is 0 Å². The van der Waals surface area contributed by atoms with E-state index in [-0.39, 0.29) is 0 Å². The van der Waals surface area contributed by atoms with Crippen LogP contribution in [0.2, 0.25) is 0 Å². The quantitative estimate of drug-likeness (QED) is 0.136. The zero-order chi connectivity index (χ0) is 49.3. The third-order valence-electron chi connectivity index (χ3n) is 16.9. The summed E-state index contributed by atoms with van der Waals surface area (Å²) in [5.41, 5.74) is 27.9. The first-order chi connectivity index (χ1) is 36.5. The second-order valence-electron chi connectivity index (χ2n) is 21.5. The fraction of sp³-hybridized carbons (Fsp3) is 0.151. The lowest BCUT2D eigenvalue weighted by molar-refractivity contribution is 0.735. The van der Waals surface area contributed by atoms with Crippen LogP contribution in [0.4, 0.5) is 0 Å². The minimum atomic E-state index is 0.407. The number of aromatic nitrogens is 1. The van der Waals surface area contributed by atoms with Gasteiger partial charge >= 0.3 is 0 Å². The van der Waals surface area contributed by atoms with Gasteiger partial charge in [0.25, 0.3) is 0 Å². The van der Waals surface area contributed by atoms with Crippen LogP contribution in [0.1, 0.15) is 101 Å². The highest BCUT2D eigenvalue weighted by atomic mass is 15.0. The van der Waals surface area contributed by atoms with Gasteiger partial charge in [-0.15, -0.1) is 0 Å². The Bertz CT molecular complexity index is 3880. The monoisotopic (exact) mass is 949 g/mol. The van der Waals surface area contributed by atoms with E-state index in [2.05, 4.69) is 255 Å². The zero-order valence-corrected chi connectivity index (χ0v) is 42.3. The predicted molar refractivity (Wildman–Crippen MR) is 314 cm³/mol. The summed E-state index contributed by atoms with van der Waals surface area (Å²) < 4.78 is 2.48. The molecule has 1 nitrogen and oxygen atoms in total. The highest BCUT2D eigenvalue weighted by molar-refractivity contribution is 6.14. The Morgan fingerprint density at radius 2 is 1.12 bits per heavy atom. The van der Waals surface area contributed by atoms with Crippen LogP contribution < -0.4 is 0 Å². The molecule has 0 amide bonds. The predicted octanol–water partition coefficient (Wildman–Crippen LogP) is 19.2. The highest BCUT2D eigenvalue weighted by Crippen LogP contribution is 2.65. The first kappa shape index (κ1) is 44.4. The number of rotatable bonds is 9. The lowest BCUT2D eigenvalue weighted by Gasteiger charge is -2.17. The molecule has 5 aliphatic rings. The minimum absolute atomic E-state index is 0.407. The van der Waals surface area contributed by atoms with E-state index in [4.69, 9.17) is 0 Å². The standard InChI is InChI=1S/C73H59N/c1-47-22-26-55(27-23-47)70-71(72(70)59-36-41-62-61-20-12-13-21-63(61)73(66(62)46-59)69(53-16-8-4-9-17-53)54-18-10-5-11-19-54)56-34-32-51(33-35-56)50-28-30-52(31-29-50)58-38-43-68-65(45-58)64-44-57(49-14-6-3-7-15-49)37-42-67(64)74(68)60-39-24-48(2)25-40-60/h4-6,8-24,26-32,34,36-46,48,70-72H,3,7,25,33,35H2,1-2H3. The maximum Gasteiger partial charge on any atom is 0.0541 e. The van der Waals surface area contributed by atoms with Gasteiger partial charge in [0.1, 0.15) is 0 Å². The van der Waals surface area contributed by atoms with Crippen LogP contribution in [0, 0.1) is 18.8 Å². The molecule has 0 saturated heterocycles. The molecule has 14 rings (SSSR count). The molecule has 5 aliphatic carbocycles. The lowest BCUT2D eigenvalue weighted by Crippen LogP contribution is -2.01. The summed E-state index contributed by atoms with van der Waals surface area (Å²) in [6.07, 6.45) is 24.4. The maximum atomic E-state index is 2.57. The van der Waals surface area contributed by atoms with Crippen molar-refractivity contribution in [1.82, 2.24) is 4.57 Å². The number of allylic oxidation sites excluding steroid dienone is 12. The Morgan fingerprint density at radius 3 is 1.80 bits per heavy atom. The van der Waals surface area contributed by atoms with Crippen LogP contribution in [0.5, 0.6) is 0 Å². The number of hydrogen-bond acceptors (Lipinski definition) is 0. The topological polar surface area (TPSA) is 4.93 Å². The van der Waals surface area contributed by atoms with E-state index < -0.39 is 0 Å². The van der Waals surface area contributed by atoms with Crippen LogP contribution in [0.3, 0.4) is 0 Å². The van der Waals surface area contributed by atoms with Gasteiger partial charge in [0.2, 0.25) is 0 Å². The summed E-state index contributed by atoms with van der Waals surface area (Å²) in [5, 5.41) is 2.61. The molecule has 74 heavy (non-hydrogen) atoms. The van der Waals surface area contributed by atoms with E-state index >= 15 is 0 Å². The SMILES string of the molecule is Cc1ccc(C2C(C3=CC=C(c4ccc(-c5ccc6c(c5)c5cc(C7=CCCC=C7)ccc5n6C5=CCC(C)C=C5)cc4)CC3)C2c2ccc3c(c2)C(=C(c2ccccc2)c2ccccc2)c2ccccc2-3)cc1. The molecule has 1 heterocycles. The molecule has 0 spiro atoms. The Morgan fingerprint density at radius 1 is 0.486 bits per heavy atom. The van der Waals surface area contributed by atoms with Gasteiger partial charge in [-0.2, -0.15) is 0 Å². The number of aryl methyl sites for hydroxylation is 1. The van der Waals surface area contributed by atoms with Crippen molar-refractivity contribution in [3.8, 4) is 22.3 Å². The molecule has 0 N–H and O–H groups in total. The molecule has 0 aliphatic heterocycles. The van der Waals surface area contributed by atoms with Crippen LogP contribution in [0.25, 0.3) is 72.0 Å². The molecular weight excluding hydrogens is 891 g/mol. The van der Waals surface area contributed by atoms with Crippen LogP contribution in [-0.4, -0.2) is 4.57 Å². The van der Waals surface area contributed by atoms with E-state index in [1.54, 1.807) is 5.57 Å². The minimum Gasteiger partial charge on any atom is -0.310 e. The molecule has 1 aromatic heterocycles. The summed E-state index contributed by atoms with van der Waals surface area (Å²) in [6.45, 7) is 4.50. The van der Waals surface area contributed by atoms with E-state index in [0.29, 0.717) is 23.7 Å². The smallest absolute Gasteiger partial charge is 0.0541 e. The Labute approximate surface area is 436 Å². The van der Waals surface area contributed by atoms with E-state index in [0.717, 1.165) is 32.1 Å². The second kappa shape index (κ2) is 18.3. The molecule has 1 heteroatoms. The molecule has 9 aromatic rings. The number of fused-ring (bicyclic) bond motifs is 6. The molecule has 4 atom stereocenters.